The molecule has 0 radical (unpaired) electrons. The molecular formula is C18H16N2O4. The van der Waals surface area contributed by atoms with Gasteiger partial charge in [0.15, 0.2) is 0 Å². The van der Waals surface area contributed by atoms with Crippen LogP contribution in [0.15, 0.2) is 48.6 Å². The van der Waals surface area contributed by atoms with Crippen molar-refractivity contribution >= 4 is 11.4 Å². The van der Waals surface area contributed by atoms with Crippen LogP contribution in [-0.2, 0) is 0 Å². The van der Waals surface area contributed by atoms with E-state index in [-0.39, 0.29) is 35.1 Å². The van der Waals surface area contributed by atoms with E-state index < -0.39 is 4.92 Å². The van der Waals surface area contributed by atoms with E-state index in [2.05, 4.69) is 17.5 Å². The van der Waals surface area contributed by atoms with Crippen LogP contribution in [0.5, 0.6) is 11.5 Å². The maximum atomic E-state index is 11.4. The van der Waals surface area contributed by atoms with E-state index in [1.807, 2.05) is 6.07 Å². The average molecular weight is 324 g/mol. The first kappa shape index (κ1) is 14.6. The lowest BCUT2D eigenvalue weighted by Crippen LogP contribution is -2.29. The molecule has 24 heavy (non-hydrogen) atoms. The molecule has 0 amide bonds. The number of benzene rings is 2. The van der Waals surface area contributed by atoms with E-state index in [0.29, 0.717) is 11.3 Å². The van der Waals surface area contributed by atoms with Crippen LogP contribution in [0.4, 0.5) is 11.4 Å². The number of allylic oxidation sites excluding steroid dienone is 2. The first-order valence-electron chi connectivity index (χ1n) is 7.78. The van der Waals surface area contributed by atoms with Crippen LogP contribution >= 0.6 is 0 Å². The molecular weight excluding hydrogens is 308 g/mol. The average Bonchev–Trinajstić information content (AvgIpc) is 3.03. The lowest BCUT2D eigenvalue weighted by atomic mass is 9.76. The molecule has 1 aliphatic carbocycles. The molecule has 0 bridgehead atoms. The third-order valence-corrected chi connectivity index (χ3v) is 4.92. The number of hydrogen-bond acceptors (Lipinski definition) is 5. The zero-order valence-electron chi connectivity index (χ0n) is 12.7. The molecule has 2 aliphatic rings. The fourth-order valence-corrected chi connectivity index (χ4v) is 3.86. The highest BCUT2D eigenvalue weighted by molar-refractivity contribution is 5.71. The van der Waals surface area contributed by atoms with Crippen LogP contribution in [-0.4, -0.2) is 15.1 Å². The van der Waals surface area contributed by atoms with Crippen LogP contribution in [0, 0.1) is 16.0 Å². The summed E-state index contributed by atoms with van der Waals surface area (Å²) in [5, 5.41) is 34.4. The SMILES string of the molecule is O=[N+]([O-])c1cccc2c1NC(c1ccc(O)cc1O)C1CC=CC21. The molecule has 1 heterocycles. The zero-order chi connectivity index (χ0) is 16.8. The van der Waals surface area contributed by atoms with Crippen LogP contribution in [0.3, 0.4) is 0 Å². The van der Waals surface area contributed by atoms with Gasteiger partial charge in [-0.3, -0.25) is 10.1 Å². The Kier molecular flexibility index (Phi) is 3.19. The van der Waals surface area contributed by atoms with Crippen molar-refractivity contribution in [3.05, 3.63) is 69.8 Å². The second-order valence-corrected chi connectivity index (χ2v) is 6.22. The molecule has 0 saturated heterocycles. The molecule has 2 aromatic rings. The van der Waals surface area contributed by atoms with Gasteiger partial charge in [0.2, 0.25) is 0 Å². The smallest absolute Gasteiger partial charge is 0.292 e. The van der Waals surface area contributed by atoms with Crippen LogP contribution in [0.1, 0.15) is 29.5 Å². The van der Waals surface area contributed by atoms with Gasteiger partial charge >= 0.3 is 0 Å². The number of aromatic hydroxyl groups is 2. The summed E-state index contributed by atoms with van der Waals surface area (Å²) in [4.78, 5) is 11.0. The first-order chi connectivity index (χ1) is 11.6. The minimum absolute atomic E-state index is 0.0137. The maximum absolute atomic E-state index is 11.4. The Hall–Kier alpha value is -3.02. The van der Waals surface area contributed by atoms with Crippen molar-refractivity contribution in [1.82, 2.24) is 0 Å². The molecule has 6 nitrogen and oxygen atoms in total. The van der Waals surface area contributed by atoms with Crippen LogP contribution in [0.25, 0.3) is 0 Å². The monoisotopic (exact) mass is 324 g/mol. The molecule has 0 aromatic heterocycles. The highest BCUT2D eigenvalue weighted by Gasteiger charge is 2.41. The molecule has 4 rings (SSSR count). The highest BCUT2D eigenvalue weighted by Crippen LogP contribution is 2.53. The van der Waals surface area contributed by atoms with Gasteiger partial charge in [-0.05, 0) is 30.0 Å². The normalized spacial score (nSPS) is 24.1. The Morgan fingerprint density at radius 3 is 2.75 bits per heavy atom. The van der Waals surface area contributed by atoms with Crippen molar-refractivity contribution in [3.63, 3.8) is 0 Å². The summed E-state index contributed by atoms with van der Waals surface area (Å²) in [5.74, 6) is 0.203. The summed E-state index contributed by atoms with van der Waals surface area (Å²) in [7, 11) is 0. The largest absolute Gasteiger partial charge is 0.508 e. The molecule has 122 valence electrons. The van der Waals surface area contributed by atoms with Gasteiger partial charge < -0.3 is 15.5 Å². The van der Waals surface area contributed by atoms with Crippen molar-refractivity contribution in [2.75, 3.05) is 5.32 Å². The molecule has 1 aliphatic heterocycles. The van der Waals surface area contributed by atoms with Crippen LogP contribution in [0.2, 0.25) is 0 Å². The summed E-state index contributed by atoms with van der Waals surface area (Å²) >= 11 is 0. The van der Waals surface area contributed by atoms with Gasteiger partial charge in [-0.25, -0.2) is 0 Å². The van der Waals surface area contributed by atoms with Gasteiger partial charge in [-0.1, -0.05) is 24.3 Å². The van der Waals surface area contributed by atoms with Gasteiger partial charge in [0.05, 0.1) is 11.0 Å². The van der Waals surface area contributed by atoms with Crippen molar-refractivity contribution < 1.29 is 15.1 Å². The first-order valence-corrected chi connectivity index (χ1v) is 7.78. The molecule has 0 saturated carbocycles. The Labute approximate surface area is 138 Å². The number of anilines is 1. The van der Waals surface area contributed by atoms with Crippen molar-refractivity contribution in [3.8, 4) is 11.5 Å². The fourth-order valence-electron chi connectivity index (χ4n) is 3.86. The number of hydrogen-bond donors (Lipinski definition) is 3. The van der Waals surface area contributed by atoms with E-state index in [9.17, 15) is 20.3 Å². The lowest BCUT2D eigenvalue weighted by molar-refractivity contribution is -0.384. The molecule has 3 N–H and O–H groups in total. The Morgan fingerprint density at radius 2 is 2.00 bits per heavy atom. The molecule has 3 unspecified atom stereocenters. The third kappa shape index (κ3) is 2.11. The van der Waals surface area contributed by atoms with Gasteiger partial charge in [-0.2, -0.15) is 0 Å². The number of fused-ring (bicyclic) bond motifs is 3. The Morgan fingerprint density at radius 1 is 1.17 bits per heavy atom. The van der Waals surface area contributed by atoms with Crippen molar-refractivity contribution in [2.24, 2.45) is 5.92 Å². The molecule has 0 fully saturated rings. The quantitative estimate of drug-likeness (QED) is 0.443. The van der Waals surface area contributed by atoms with Gasteiger partial charge in [0.25, 0.3) is 5.69 Å². The summed E-state index contributed by atoms with van der Waals surface area (Å²) in [5.41, 5.74) is 2.09. The van der Waals surface area contributed by atoms with Gasteiger partial charge in [-0.15, -0.1) is 0 Å². The number of phenolic OH excluding ortho intramolecular Hbond substituents is 2. The van der Waals surface area contributed by atoms with E-state index in [4.69, 9.17) is 0 Å². The molecule has 3 atom stereocenters. The lowest BCUT2D eigenvalue weighted by Gasteiger charge is -2.37. The van der Waals surface area contributed by atoms with Crippen molar-refractivity contribution in [2.45, 2.75) is 18.4 Å². The number of phenols is 2. The van der Waals surface area contributed by atoms with Crippen LogP contribution < -0.4 is 5.32 Å². The topological polar surface area (TPSA) is 95.6 Å². The van der Waals surface area contributed by atoms with E-state index in [1.54, 1.807) is 12.1 Å². The fraction of sp³-hybridized carbons (Fsp3) is 0.222. The number of nitro benzene ring substituents is 1. The molecule has 0 spiro atoms. The predicted molar refractivity (Wildman–Crippen MR) is 89.2 cm³/mol. The molecule has 6 heteroatoms. The number of nitro groups is 1. The molecule has 2 aromatic carbocycles. The highest BCUT2D eigenvalue weighted by atomic mass is 16.6. The Balaban J connectivity index is 1.86. The standard InChI is InChI=1S/C18H16N2O4/c21-10-7-8-14(16(22)9-10)17-12-4-1-3-11(12)13-5-2-6-15(20(23)24)18(13)19-17/h1-3,5-9,11-12,17,19,21-22H,4H2. The third-order valence-electron chi connectivity index (χ3n) is 4.92. The van der Waals surface area contributed by atoms with E-state index in [0.717, 1.165) is 12.0 Å². The summed E-state index contributed by atoms with van der Waals surface area (Å²) in [6.07, 6.45) is 4.98. The van der Waals surface area contributed by atoms with Crippen molar-refractivity contribution in [1.29, 1.82) is 0 Å². The summed E-state index contributed by atoms with van der Waals surface area (Å²) in [6, 6.07) is 9.32. The Bertz CT molecular complexity index is 862. The maximum Gasteiger partial charge on any atom is 0.292 e. The predicted octanol–water partition coefficient (Wildman–Crippen LogP) is 3.83. The minimum atomic E-state index is -0.390. The van der Waals surface area contributed by atoms with E-state index >= 15 is 0 Å². The second kappa shape index (κ2) is 5.26. The van der Waals surface area contributed by atoms with Gasteiger partial charge in [0.1, 0.15) is 17.2 Å². The number of nitrogens with zero attached hydrogens (tertiary/aromatic N) is 1. The second-order valence-electron chi connectivity index (χ2n) is 6.22. The minimum Gasteiger partial charge on any atom is -0.508 e. The van der Waals surface area contributed by atoms with Gasteiger partial charge in [0, 0.05) is 23.6 Å². The number of para-hydroxylation sites is 1. The summed E-state index contributed by atoms with van der Waals surface area (Å²) < 4.78 is 0. The number of nitrogens with one attached hydrogen (secondary N) is 1. The van der Waals surface area contributed by atoms with E-state index in [1.165, 1.54) is 18.2 Å². The number of rotatable bonds is 2. The summed E-state index contributed by atoms with van der Waals surface area (Å²) in [6.45, 7) is 0. The zero-order valence-corrected chi connectivity index (χ0v) is 12.7.